The monoisotopic (exact) mass is 368 g/mol. The molecule has 1 N–H and O–H groups in total. The molecule has 1 fully saturated rings. The highest BCUT2D eigenvalue weighted by Gasteiger charge is 2.34. The standard InChI is InChI=1S/C21H28N4O2/c1-15-13-24(14-21(2,3)27-15)20(26)22-12-18-17-10-7-11-19(17)25(23-18)16-8-5-4-6-9-16/h4-6,8-9,15H,7,10-14H2,1-3H3,(H,22,26)/t15-/m1/s1. The molecular weight excluding hydrogens is 340 g/mol. The normalized spacial score (nSPS) is 21.1. The molecule has 4 rings (SSSR count). The first-order chi connectivity index (χ1) is 12.9. The molecule has 1 atom stereocenters. The Bertz CT molecular complexity index is 828. The minimum Gasteiger partial charge on any atom is -0.369 e. The van der Waals surface area contributed by atoms with E-state index in [1.54, 1.807) is 0 Å². The van der Waals surface area contributed by atoms with Gasteiger partial charge in [-0.15, -0.1) is 0 Å². The summed E-state index contributed by atoms with van der Waals surface area (Å²) in [6.07, 6.45) is 3.27. The SMILES string of the molecule is C[C@@H]1CN(C(=O)NCc2nn(-c3ccccc3)c3c2CCC3)CC(C)(C)O1. The maximum atomic E-state index is 12.7. The predicted octanol–water partition coefficient (Wildman–Crippen LogP) is 3.07. The van der Waals surface area contributed by atoms with Crippen LogP contribution in [0.1, 0.15) is 44.1 Å². The van der Waals surface area contributed by atoms with Crippen LogP contribution in [0.5, 0.6) is 0 Å². The first kappa shape index (κ1) is 18.0. The third kappa shape index (κ3) is 3.72. The molecule has 1 saturated heterocycles. The van der Waals surface area contributed by atoms with E-state index in [1.165, 1.54) is 11.3 Å². The molecule has 27 heavy (non-hydrogen) atoms. The third-order valence-electron chi connectivity index (χ3n) is 5.28. The first-order valence-corrected chi connectivity index (χ1v) is 9.78. The number of fused-ring (bicyclic) bond motifs is 1. The van der Waals surface area contributed by atoms with Crippen molar-refractivity contribution in [2.24, 2.45) is 0 Å². The number of hydrogen-bond acceptors (Lipinski definition) is 3. The van der Waals surface area contributed by atoms with Crippen LogP contribution in [0.3, 0.4) is 0 Å². The van der Waals surface area contributed by atoms with E-state index in [1.807, 2.05) is 48.6 Å². The number of nitrogens with one attached hydrogen (secondary N) is 1. The Balaban J connectivity index is 1.48. The number of amides is 2. The summed E-state index contributed by atoms with van der Waals surface area (Å²) in [6.45, 7) is 7.74. The van der Waals surface area contributed by atoms with Gasteiger partial charge >= 0.3 is 6.03 Å². The molecule has 1 aliphatic carbocycles. The summed E-state index contributed by atoms with van der Waals surface area (Å²) in [6, 6.07) is 10.2. The number of para-hydroxylation sites is 1. The van der Waals surface area contributed by atoms with E-state index in [2.05, 4.69) is 17.4 Å². The maximum absolute atomic E-state index is 12.7. The van der Waals surface area contributed by atoms with Crippen molar-refractivity contribution in [3.05, 3.63) is 47.3 Å². The molecular formula is C21H28N4O2. The molecule has 1 aliphatic heterocycles. The van der Waals surface area contributed by atoms with Crippen LogP contribution >= 0.6 is 0 Å². The summed E-state index contributed by atoms with van der Waals surface area (Å²) >= 11 is 0. The quantitative estimate of drug-likeness (QED) is 0.906. The number of nitrogens with zero attached hydrogens (tertiary/aromatic N) is 3. The number of carbonyl (C=O) groups excluding carboxylic acids is 1. The van der Waals surface area contributed by atoms with Crippen LogP contribution in [0.4, 0.5) is 4.79 Å². The van der Waals surface area contributed by atoms with E-state index >= 15 is 0 Å². The lowest BCUT2D eigenvalue weighted by Crippen LogP contribution is -2.56. The second-order valence-corrected chi connectivity index (χ2v) is 8.20. The number of hydrogen-bond donors (Lipinski definition) is 1. The third-order valence-corrected chi connectivity index (χ3v) is 5.28. The minimum absolute atomic E-state index is 0.0424. The highest BCUT2D eigenvalue weighted by atomic mass is 16.5. The zero-order valence-electron chi connectivity index (χ0n) is 16.4. The van der Waals surface area contributed by atoms with Gasteiger partial charge in [-0.05, 0) is 57.7 Å². The highest BCUT2D eigenvalue weighted by Crippen LogP contribution is 2.28. The largest absolute Gasteiger partial charge is 0.369 e. The molecule has 2 aliphatic rings. The van der Waals surface area contributed by atoms with Gasteiger partial charge in [0.2, 0.25) is 0 Å². The van der Waals surface area contributed by atoms with Gasteiger partial charge in [0.05, 0.1) is 36.2 Å². The number of benzene rings is 1. The minimum atomic E-state index is -0.314. The fourth-order valence-corrected chi connectivity index (χ4v) is 4.32. The van der Waals surface area contributed by atoms with Crippen molar-refractivity contribution in [3.8, 4) is 5.69 Å². The van der Waals surface area contributed by atoms with Gasteiger partial charge in [-0.1, -0.05) is 18.2 Å². The molecule has 0 saturated carbocycles. The molecule has 1 aromatic carbocycles. The van der Waals surface area contributed by atoms with E-state index in [0.29, 0.717) is 19.6 Å². The fraction of sp³-hybridized carbons (Fsp3) is 0.524. The molecule has 2 aromatic rings. The van der Waals surface area contributed by atoms with Gasteiger partial charge in [0, 0.05) is 12.2 Å². The molecule has 1 aromatic heterocycles. The molecule has 0 bridgehead atoms. The van der Waals surface area contributed by atoms with Crippen LogP contribution in [-0.2, 0) is 24.1 Å². The lowest BCUT2D eigenvalue weighted by molar-refractivity contribution is -0.117. The first-order valence-electron chi connectivity index (χ1n) is 9.78. The van der Waals surface area contributed by atoms with Crippen molar-refractivity contribution in [1.29, 1.82) is 0 Å². The van der Waals surface area contributed by atoms with Gasteiger partial charge in [-0.3, -0.25) is 0 Å². The maximum Gasteiger partial charge on any atom is 0.317 e. The molecule has 0 radical (unpaired) electrons. The van der Waals surface area contributed by atoms with Gasteiger partial charge in [-0.25, -0.2) is 9.48 Å². The molecule has 6 heteroatoms. The zero-order chi connectivity index (χ0) is 19.0. The van der Waals surface area contributed by atoms with Crippen molar-refractivity contribution in [2.45, 2.75) is 58.3 Å². The van der Waals surface area contributed by atoms with Crippen molar-refractivity contribution >= 4 is 6.03 Å². The summed E-state index contributed by atoms with van der Waals surface area (Å²) in [7, 11) is 0. The number of ether oxygens (including phenoxy) is 1. The van der Waals surface area contributed by atoms with Crippen molar-refractivity contribution in [1.82, 2.24) is 20.0 Å². The topological polar surface area (TPSA) is 59.4 Å². The molecule has 144 valence electrons. The van der Waals surface area contributed by atoms with Crippen molar-refractivity contribution in [3.63, 3.8) is 0 Å². The van der Waals surface area contributed by atoms with Gasteiger partial charge in [-0.2, -0.15) is 5.10 Å². The molecule has 2 amide bonds. The summed E-state index contributed by atoms with van der Waals surface area (Å²) < 4.78 is 7.94. The van der Waals surface area contributed by atoms with Crippen LogP contribution in [0.25, 0.3) is 5.69 Å². The Kier molecular flexibility index (Phi) is 4.68. The highest BCUT2D eigenvalue weighted by molar-refractivity contribution is 5.74. The summed E-state index contributed by atoms with van der Waals surface area (Å²) in [5.74, 6) is 0. The Morgan fingerprint density at radius 1 is 1.30 bits per heavy atom. The lowest BCUT2D eigenvalue weighted by Gasteiger charge is -2.41. The van der Waals surface area contributed by atoms with Gasteiger partial charge in [0.25, 0.3) is 0 Å². The second kappa shape index (κ2) is 7.00. The summed E-state index contributed by atoms with van der Waals surface area (Å²) in [5, 5.41) is 7.90. The van der Waals surface area contributed by atoms with Gasteiger partial charge in [0.15, 0.2) is 0 Å². The Morgan fingerprint density at radius 2 is 2.07 bits per heavy atom. The average Bonchev–Trinajstić information content (AvgIpc) is 3.21. The Hall–Kier alpha value is -2.34. The molecule has 0 spiro atoms. The number of carbonyl (C=O) groups is 1. The molecule has 0 unspecified atom stereocenters. The van der Waals surface area contributed by atoms with Crippen molar-refractivity contribution < 1.29 is 9.53 Å². The van der Waals surface area contributed by atoms with Crippen LogP contribution < -0.4 is 5.32 Å². The fourth-order valence-electron chi connectivity index (χ4n) is 4.32. The Morgan fingerprint density at radius 3 is 2.81 bits per heavy atom. The van der Waals surface area contributed by atoms with Gasteiger partial charge < -0.3 is 15.0 Å². The van der Waals surface area contributed by atoms with Crippen LogP contribution in [0.2, 0.25) is 0 Å². The van der Waals surface area contributed by atoms with Crippen LogP contribution in [0.15, 0.2) is 30.3 Å². The number of rotatable bonds is 3. The van der Waals surface area contributed by atoms with Gasteiger partial charge in [0.1, 0.15) is 0 Å². The average molecular weight is 368 g/mol. The number of urea groups is 1. The smallest absolute Gasteiger partial charge is 0.317 e. The lowest BCUT2D eigenvalue weighted by atomic mass is 10.1. The number of aromatic nitrogens is 2. The molecule has 2 heterocycles. The summed E-state index contributed by atoms with van der Waals surface area (Å²) in [5.41, 5.74) is 4.34. The predicted molar refractivity (Wildman–Crippen MR) is 104 cm³/mol. The summed E-state index contributed by atoms with van der Waals surface area (Å²) in [4.78, 5) is 14.6. The van der Waals surface area contributed by atoms with E-state index in [9.17, 15) is 4.79 Å². The van der Waals surface area contributed by atoms with E-state index < -0.39 is 0 Å². The van der Waals surface area contributed by atoms with E-state index in [0.717, 1.165) is 30.6 Å². The number of morpholine rings is 1. The van der Waals surface area contributed by atoms with Crippen molar-refractivity contribution in [2.75, 3.05) is 13.1 Å². The van der Waals surface area contributed by atoms with Crippen LogP contribution in [0, 0.1) is 0 Å². The Labute approximate surface area is 160 Å². The van der Waals surface area contributed by atoms with E-state index in [-0.39, 0.29) is 17.7 Å². The zero-order valence-corrected chi connectivity index (χ0v) is 16.4. The molecule has 6 nitrogen and oxygen atoms in total. The van der Waals surface area contributed by atoms with Crippen LogP contribution in [-0.4, -0.2) is 45.5 Å². The van der Waals surface area contributed by atoms with E-state index in [4.69, 9.17) is 9.84 Å². The second-order valence-electron chi connectivity index (χ2n) is 8.20.